The van der Waals surface area contributed by atoms with Crippen LogP contribution in [0.5, 0.6) is 0 Å². The predicted octanol–water partition coefficient (Wildman–Crippen LogP) is 0.232. The number of nitrogens with one attached hydrogen (secondary N) is 2. The lowest BCUT2D eigenvalue weighted by atomic mass is 9.89. The van der Waals surface area contributed by atoms with Crippen molar-refractivity contribution in [1.29, 1.82) is 0 Å². The molecule has 0 aromatic heterocycles. The van der Waals surface area contributed by atoms with E-state index in [0.717, 1.165) is 25.7 Å². The SMILES string of the molecule is CNS(=O)(=O)CCNC(=O)C1CCCCC1. The maximum atomic E-state index is 11.6. The highest BCUT2D eigenvalue weighted by molar-refractivity contribution is 7.89. The van der Waals surface area contributed by atoms with Gasteiger partial charge in [0.1, 0.15) is 0 Å². The van der Waals surface area contributed by atoms with Gasteiger partial charge in [-0.1, -0.05) is 19.3 Å². The Labute approximate surface area is 97.0 Å². The molecule has 1 saturated carbocycles. The first kappa shape index (κ1) is 13.4. The van der Waals surface area contributed by atoms with E-state index in [0.29, 0.717) is 0 Å². The molecule has 1 aliphatic rings. The minimum atomic E-state index is -3.21. The molecule has 0 aliphatic heterocycles. The number of rotatable bonds is 5. The van der Waals surface area contributed by atoms with E-state index < -0.39 is 10.0 Å². The standard InChI is InChI=1S/C10H20N2O3S/c1-11-16(14,15)8-7-12-10(13)9-5-3-2-4-6-9/h9,11H,2-8H2,1H3,(H,12,13). The molecule has 94 valence electrons. The maximum Gasteiger partial charge on any atom is 0.223 e. The van der Waals surface area contributed by atoms with Crippen molar-refractivity contribution in [3.05, 3.63) is 0 Å². The highest BCUT2D eigenvalue weighted by Crippen LogP contribution is 2.23. The summed E-state index contributed by atoms with van der Waals surface area (Å²) in [6, 6.07) is 0. The quantitative estimate of drug-likeness (QED) is 0.731. The third kappa shape index (κ3) is 4.49. The van der Waals surface area contributed by atoms with Crippen molar-refractivity contribution < 1.29 is 13.2 Å². The molecule has 1 rings (SSSR count). The molecule has 0 unspecified atom stereocenters. The summed E-state index contributed by atoms with van der Waals surface area (Å²) in [5.41, 5.74) is 0. The van der Waals surface area contributed by atoms with Gasteiger partial charge in [-0.05, 0) is 19.9 Å². The first-order valence-electron chi connectivity index (χ1n) is 5.74. The molecule has 0 aromatic rings. The molecule has 1 fully saturated rings. The molecule has 0 bridgehead atoms. The van der Waals surface area contributed by atoms with Crippen molar-refractivity contribution >= 4 is 15.9 Å². The van der Waals surface area contributed by atoms with E-state index >= 15 is 0 Å². The van der Waals surface area contributed by atoms with Gasteiger partial charge in [0, 0.05) is 12.5 Å². The maximum absolute atomic E-state index is 11.6. The summed E-state index contributed by atoms with van der Waals surface area (Å²) in [5.74, 6) is 0.0409. The fourth-order valence-electron chi connectivity index (χ4n) is 1.92. The average Bonchev–Trinajstić information content (AvgIpc) is 2.30. The minimum absolute atomic E-state index is 0.00556. The highest BCUT2D eigenvalue weighted by Gasteiger charge is 2.20. The van der Waals surface area contributed by atoms with Crippen LogP contribution in [0.3, 0.4) is 0 Å². The summed E-state index contributed by atoms with van der Waals surface area (Å²) >= 11 is 0. The fraction of sp³-hybridized carbons (Fsp3) is 0.900. The Bertz CT molecular complexity index is 321. The van der Waals surface area contributed by atoms with Gasteiger partial charge in [0.05, 0.1) is 5.75 Å². The van der Waals surface area contributed by atoms with Crippen molar-refractivity contribution in [1.82, 2.24) is 10.0 Å². The average molecular weight is 248 g/mol. The summed E-state index contributed by atoms with van der Waals surface area (Å²) in [6.45, 7) is 0.193. The molecule has 0 radical (unpaired) electrons. The van der Waals surface area contributed by atoms with Gasteiger partial charge in [-0.25, -0.2) is 13.1 Å². The molecule has 1 aliphatic carbocycles. The van der Waals surface area contributed by atoms with Crippen LogP contribution >= 0.6 is 0 Å². The molecule has 2 N–H and O–H groups in total. The Hall–Kier alpha value is -0.620. The third-order valence-electron chi connectivity index (χ3n) is 2.96. The van der Waals surface area contributed by atoms with Crippen LogP contribution in [0.1, 0.15) is 32.1 Å². The lowest BCUT2D eigenvalue weighted by Gasteiger charge is -2.20. The summed E-state index contributed by atoms with van der Waals surface area (Å²) in [4.78, 5) is 11.6. The van der Waals surface area contributed by atoms with Gasteiger partial charge < -0.3 is 5.32 Å². The second kappa shape index (κ2) is 6.20. The van der Waals surface area contributed by atoms with Gasteiger partial charge in [-0.15, -0.1) is 0 Å². The van der Waals surface area contributed by atoms with Crippen molar-refractivity contribution in [3.63, 3.8) is 0 Å². The van der Waals surface area contributed by atoms with Gasteiger partial charge in [-0.2, -0.15) is 0 Å². The molecule has 0 saturated heterocycles. The predicted molar refractivity (Wildman–Crippen MR) is 62.4 cm³/mol. The molecule has 0 atom stereocenters. The number of hydrogen-bond acceptors (Lipinski definition) is 3. The van der Waals surface area contributed by atoms with Gasteiger partial charge in [0.25, 0.3) is 0 Å². The van der Waals surface area contributed by atoms with Crippen molar-refractivity contribution in [2.75, 3.05) is 19.3 Å². The zero-order valence-electron chi connectivity index (χ0n) is 9.66. The molecular weight excluding hydrogens is 228 g/mol. The van der Waals surface area contributed by atoms with Gasteiger partial charge in [0.2, 0.25) is 15.9 Å². The third-order valence-corrected chi connectivity index (χ3v) is 4.32. The summed E-state index contributed by atoms with van der Waals surface area (Å²) in [5, 5.41) is 2.68. The first-order chi connectivity index (χ1) is 7.55. The largest absolute Gasteiger partial charge is 0.355 e. The van der Waals surface area contributed by atoms with E-state index in [1.54, 1.807) is 0 Å². The molecule has 16 heavy (non-hydrogen) atoms. The molecule has 0 spiro atoms. The topological polar surface area (TPSA) is 75.3 Å². The Morgan fingerprint density at radius 1 is 1.25 bits per heavy atom. The Morgan fingerprint density at radius 2 is 1.88 bits per heavy atom. The number of carbonyl (C=O) groups excluding carboxylic acids is 1. The zero-order chi connectivity index (χ0) is 12.0. The molecule has 6 heteroatoms. The van der Waals surface area contributed by atoms with Crippen molar-refractivity contribution in [2.45, 2.75) is 32.1 Å². The van der Waals surface area contributed by atoms with Crippen LogP contribution < -0.4 is 10.0 Å². The normalized spacial score (nSPS) is 18.3. The van der Waals surface area contributed by atoms with Crippen molar-refractivity contribution in [2.24, 2.45) is 5.92 Å². The summed E-state index contributed by atoms with van der Waals surface area (Å²) in [7, 11) is -1.84. The molecule has 1 amide bonds. The number of carbonyl (C=O) groups is 1. The molecule has 0 heterocycles. The van der Waals surface area contributed by atoms with Crippen LogP contribution in [0.25, 0.3) is 0 Å². The van der Waals surface area contributed by atoms with Crippen molar-refractivity contribution in [3.8, 4) is 0 Å². The Morgan fingerprint density at radius 3 is 2.44 bits per heavy atom. The van der Waals surface area contributed by atoms with E-state index in [2.05, 4.69) is 10.0 Å². The second-order valence-electron chi connectivity index (χ2n) is 4.15. The minimum Gasteiger partial charge on any atom is -0.355 e. The van der Waals surface area contributed by atoms with Crippen LogP contribution in [0.15, 0.2) is 0 Å². The molecular formula is C10H20N2O3S. The van der Waals surface area contributed by atoms with E-state index in [-0.39, 0.29) is 24.1 Å². The van der Waals surface area contributed by atoms with Crippen LogP contribution in [-0.2, 0) is 14.8 Å². The monoisotopic (exact) mass is 248 g/mol. The fourth-order valence-corrected chi connectivity index (χ4v) is 2.49. The highest BCUT2D eigenvalue weighted by atomic mass is 32.2. The van der Waals surface area contributed by atoms with Gasteiger partial charge in [-0.3, -0.25) is 4.79 Å². The van der Waals surface area contributed by atoms with E-state index in [1.807, 2.05) is 0 Å². The second-order valence-corrected chi connectivity index (χ2v) is 6.19. The van der Waals surface area contributed by atoms with Crippen LogP contribution in [0.2, 0.25) is 0 Å². The smallest absolute Gasteiger partial charge is 0.223 e. The summed E-state index contributed by atoms with van der Waals surface area (Å²) in [6.07, 6.45) is 5.28. The lowest BCUT2D eigenvalue weighted by molar-refractivity contribution is -0.125. The van der Waals surface area contributed by atoms with E-state index in [1.165, 1.54) is 13.5 Å². The van der Waals surface area contributed by atoms with Gasteiger partial charge >= 0.3 is 0 Å². The number of hydrogen-bond donors (Lipinski definition) is 2. The Kier molecular flexibility index (Phi) is 5.21. The first-order valence-corrected chi connectivity index (χ1v) is 7.39. The number of amides is 1. The Balaban J connectivity index is 2.24. The summed E-state index contributed by atoms with van der Waals surface area (Å²) < 4.78 is 24.4. The van der Waals surface area contributed by atoms with Crippen LogP contribution in [-0.4, -0.2) is 33.7 Å². The lowest BCUT2D eigenvalue weighted by Crippen LogP contribution is -2.36. The molecule has 5 nitrogen and oxygen atoms in total. The number of sulfonamides is 1. The van der Waals surface area contributed by atoms with Gasteiger partial charge in [0.15, 0.2) is 0 Å². The van der Waals surface area contributed by atoms with Crippen LogP contribution in [0.4, 0.5) is 0 Å². The van der Waals surface area contributed by atoms with E-state index in [9.17, 15) is 13.2 Å². The van der Waals surface area contributed by atoms with E-state index in [4.69, 9.17) is 0 Å². The zero-order valence-corrected chi connectivity index (χ0v) is 10.5. The molecule has 0 aromatic carbocycles. The van der Waals surface area contributed by atoms with Crippen LogP contribution in [0, 0.1) is 5.92 Å².